The zero-order valence-corrected chi connectivity index (χ0v) is 15.6. The van der Waals surface area contributed by atoms with E-state index in [1.54, 1.807) is 31.1 Å². The number of benzene rings is 2. The normalized spacial score (nSPS) is 12.7. The molecule has 0 aliphatic rings. The highest BCUT2D eigenvalue weighted by Gasteiger charge is 2.26. The first kappa shape index (κ1) is 19.1. The highest BCUT2D eigenvalue weighted by molar-refractivity contribution is 5.94. The fourth-order valence-electron chi connectivity index (χ4n) is 2.90. The summed E-state index contributed by atoms with van der Waals surface area (Å²) in [4.78, 5) is 13.7. The van der Waals surface area contributed by atoms with Crippen LogP contribution in [0.1, 0.15) is 48.3 Å². The quantitative estimate of drug-likeness (QED) is 0.873. The number of rotatable bonds is 5. The van der Waals surface area contributed by atoms with Crippen molar-refractivity contribution in [3.05, 3.63) is 71.0 Å². The van der Waals surface area contributed by atoms with Gasteiger partial charge in [-0.05, 0) is 40.8 Å². The molecule has 1 atom stereocenters. The van der Waals surface area contributed by atoms with Crippen LogP contribution >= 0.6 is 0 Å². The van der Waals surface area contributed by atoms with Gasteiger partial charge in [0.2, 0.25) is 0 Å². The Balaban J connectivity index is 2.19. The van der Waals surface area contributed by atoms with Gasteiger partial charge in [0.15, 0.2) is 0 Å². The summed E-state index contributed by atoms with van der Waals surface area (Å²) in [6.07, 6.45) is 0. The summed E-state index contributed by atoms with van der Waals surface area (Å²) in [5.74, 6) is -0.244. The van der Waals surface area contributed by atoms with Crippen molar-refractivity contribution < 1.29 is 9.18 Å². The smallest absolute Gasteiger partial charge is 0.253 e. The molecule has 0 fully saturated rings. The van der Waals surface area contributed by atoms with Gasteiger partial charge in [-0.2, -0.15) is 0 Å². The minimum Gasteiger partial charge on any atom is -0.345 e. The van der Waals surface area contributed by atoms with E-state index in [2.05, 4.69) is 26.1 Å². The Morgan fingerprint density at radius 1 is 1.12 bits per heavy atom. The van der Waals surface area contributed by atoms with Crippen LogP contribution in [0, 0.1) is 11.2 Å². The molecule has 0 aromatic heterocycles. The Labute approximate surface area is 149 Å². The SMILES string of the molecule is CN(C)C(=O)c1cccc(CNC(c2cccc(F)c2)C(C)(C)C)c1. The van der Waals surface area contributed by atoms with Crippen molar-refractivity contribution in [3.63, 3.8) is 0 Å². The molecule has 3 nitrogen and oxygen atoms in total. The lowest BCUT2D eigenvalue weighted by molar-refractivity contribution is 0.0827. The van der Waals surface area contributed by atoms with Crippen LogP contribution in [0.2, 0.25) is 0 Å². The molecule has 0 saturated heterocycles. The predicted octanol–water partition coefficient (Wildman–Crippen LogP) is 4.40. The lowest BCUT2D eigenvalue weighted by Crippen LogP contribution is -2.32. The zero-order valence-electron chi connectivity index (χ0n) is 15.6. The topological polar surface area (TPSA) is 32.3 Å². The largest absolute Gasteiger partial charge is 0.345 e. The van der Waals surface area contributed by atoms with Crippen molar-refractivity contribution in [2.45, 2.75) is 33.4 Å². The Morgan fingerprint density at radius 2 is 1.80 bits per heavy atom. The summed E-state index contributed by atoms with van der Waals surface area (Å²) in [7, 11) is 3.49. The lowest BCUT2D eigenvalue weighted by Gasteiger charge is -2.32. The van der Waals surface area contributed by atoms with Crippen LogP contribution in [0.5, 0.6) is 0 Å². The fraction of sp³-hybridized carbons (Fsp3) is 0.381. The lowest BCUT2D eigenvalue weighted by atomic mass is 9.82. The van der Waals surface area contributed by atoms with Gasteiger partial charge in [0, 0.05) is 32.2 Å². The number of nitrogens with one attached hydrogen (secondary N) is 1. The van der Waals surface area contributed by atoms with Gasteiger partial charge in [0.25, 0.3) is 5.91 Å². The first-order valence-electron chi connectivity index (χ1n) is 8.48. The van der Waals surface area contributed by atoms with Crippen LogP contribution in [-0.4, -0.2) is 24.9 Å². The van der Waals surface area contributed by atoms with Gasteiger partial charge in [-0.15, -0.1) is 0 Å². The molecule has 2 rings (SSSR count). The molecule has 2 aromatic rings. The molecular weight excluding hydrogens is 315 g/mol. The summed E-state index contributed by atoms with van der Waals surface area (Å²) in [6.45, 7) is 6.98. The third kappa shape index (κ3) is 5.13. The molecule has 0 saturated carbocycles. The van der Waals surface area contributed by atoms with E-state index < -0.39 is 0 Å². The van der Waals surface area contributed by atoms with Crippen LogP contribution in [0.15, 0.2) is 48.5 Å². The van der Waals surface area contributed by atoms with Gasteiger partial charge in [-0.1, -0.05) is 45.0 Å². The van der Waals surface area contributed by atoms with Gasteiger partial charge in [0.05, 0.1) is 0 Å². The van der Waals surface area contributed by atoms with E-state index in [9.17, 15) is 9.18 Å². The maximum Gasteiger partial charge on any atom is 0.253 e. The monoisotopic (exact) mass is 342 g/mol. The van der Waals surface area contributed by atoms with E-state index in [1.807, 2.05) is 30.3 Å². The minimum absolute atomic E-state index is 0.00333. The predicted molar refractivity (Wildman–Crippen MR) is 99.9 cm³/mol. The molecule has 1 amide bonds. The van der Waals surface area contributed by atoms with Gasteiger partial charge in [-0.25, -0.2) is 4.39 Å². The molecular formula is C21H27FN2O. The zero-order chi connectivity index (χ0) is 18.6. The van der Waals surface area contributed by atoms with E-state index in [0.717, 1.165) is 11.1 Å². The highest BCUT2D eigenvalue weighted by atomic mass is 19.1. The standard InChI is InChI=1S/C21H27FN2O/c1-21(2,3)19(16-9-7-11-18(22)13-16)23-14-15-8-6-10-17(12-15)20(25)24(4)5/h6-13,19,23H,14H2,1-5H3. The van der Waals surface area contributed by atoms with Crippen LogP contribution in [0.25, 0.3) is 0 Å². The summed E-state index contributed by atoms with van der Waals surface area (Å²) in [6, 6.07) is 14.3. The average Bonchev–Trinajstić information content (AvgIpc) is 2.53. The van der Waals surface area contributed by atoms with Crippen molar-refractivity contribution in [1.29, 1.82) is 0 Å². The van der Waals surface area contributed by atoms with Crippen molar-refractivity contribution in [3.8, 4) is 0 Å². The summed E-state index contributed by atoms with van der Waals surface area (Å²) in [5, 5.41) is 3.52. The molecule has 25 heavy (non-hydrogen) atoms. The highest BCUT2D eigenvalue weighted by Crippen LogP contribution is 2.33. The Morgan fingerprint density at radius 3 is 2.40 bits per heavy atom. The molecule has 0 bridgehead atoms. The molecule has 2 aromatic carbocycles. The summed E-state index contributed by atoms with van der Waals surface area (Å²) >= 11 is 0. The molecule has 1 N–H and O–H groups in total. The maximum absolute atomic E-state index is 13.6. The molecule has 4 heteroatoms. The number of amides is 1. The van der Waals surface area contributed by atoms with Crippen molar-refractivity contribution >= 4 is 5.91 Å². The summed E-state index contributed by atoms with van der Waals surface area (Å²) < 4.78 is 13.6. The van der Waals surface area contributed by atoms with Crippen molar-refractivity contribution in [2.75, 3.05) is 14.1 Å². The molecule has 0 heterocycles. The first-order valence-corrected chi connectivity index (χ1v) is 8.48. The van der Waals surface area contributed by atoms with Gasteiger partial charge < -0.3 is 10.2 Å². The van der Waals surface area contributed by atoms with E-state index in [1.165, 1.54) is 6.07 Å². The molecule has 0 spiro atoms. The summed E-state index contributed by atoms with van der Waals surface area (Å²) in [5.41, 5.74) is 2.54. The maximum atomic E-state index is 13.6. The van der Waals surface area contributed by atoms with Crippen LogP contribution in [-0.2, 0) is 6.54 Å². The number of halogens is 1. The molecule has 0 aliphatic heterocycles. The van der Waals surface area contributed by atoms with Crippen LogP contribution in [0.3, 0.4) is 0 Å². The second-order valence-corrected chi connectivity index (χ2v) is 7.63. The number of hydrogen-bond acceptors (Lipinski definition) is 2. The van der Waals surface area contributed by atoms with Crippen LogP contribution < -0.4 is 5.32 Å². The van der Waals surface area contributed by atoms with Crippen molar-refractivity contribution in [1.82, 2.24) is 10.2 Å². The Hall–Kier alpha value is -2.20. The van der Waals surface area contributed by atoms with E-state index in [-0.39, 0.29) is 23.2 Å². The van der Waals surface area contributed by atoms with Gasteiger partial charge >= 0.3 is 0 Å². The Bertz CT molecular complexity index is 735. The fourth-order valence-corrected chi connectivity index (χ4v) is 2.90. The molecule has 1 unspecified atom stereocenters. The molecule has 0 radical (unpaired) electrons. The molecule has 0 aliphatic carbocycles. The van der Waals surface area contributed by atoms with Crippen molar-refractivity contribution in [2.24, 2.45) is 5.41 Å². The van der Waals surface area contributed by atoms with E-state index >= 15 is 0 Å². The van der Waals surface area contributed by atoms with Crippen LogP contribution in [0.4, 0.5) is 4.39 Å². The van der Waals surface area contributed by atoms with Gasteiger partial charge in [0.1, 0.15) is 5.82 Å². The second-order valence-electron chi connectivity index (χ2n) is 7.63. The number of carbonyl (C=O) groups excluding carboxylic acids is 1. The molecule has 134 valence electrons. The number of nitrogens with zero attached hydrogens (tertiary/aromatic N) is 1. The third-order valence-electron chi connectivity index (χ3n) is 4.14. The second kappa shape index (κ2) is 7.79. The average molecular weight is 342 g/mol. The number of carbonyl (C=O) groups is 1. The minimum atomic E-state index is -0.230. The van der Waals surface area contributed by atoms with E-state index in [4.69, 9.17) is 0 Å². The third-order valence-corrected chi connectivity index (χ3v) is 4.14. The van der Waals surface area contributed by atoms with Gasteiger partial charge in [-0.3, -0.25) is 4.79 Å². The van der Waals surface area contributed by atoms with E-state index in [0.29, 0.717) is 12.1 Å². The Kier molecular flexibility index (Phi) is 5.96. The number of hydrogen-bond donors (Lipinski definition) is 1. The first-order chi connectivity index (χ1) is 11.7.